The van der Waals surface area contributed by atoms with Crippen LogP contribution in [0.4, 0.5) is 0 Å². The summed E-state index contributed by atoms with van der Waals surface area (Å²) in [4.78, 5) is 11.8. The van der Waals surface area contributed by atoms with Gasteiger partial charge in [-0.1, -0.05) is 6.07 Å². The van der Waals surface area contributed by atoms with Gasteiger partial charge < -0.3 is 5.32 Å². The standard InChI is InChI=1S/C13H14ClNO3S/c1-3-4-5-8-15-13(16)12-9-11(19(14,17)18)7-6-10(12)2/h6-7,9H,5,8H2,1-2H3,(H,15,16). The van der Waals surface area contributed by atoms with Crippen LogP contribution in [-0.4, -0.2) is 20.9 Å². The normalized spacial score (nSPS) is 10.5. The van der Waals surface area contributed by atoms with Gasteiger partial charge >= 0.3 is 0 Å². The highest BCUT2D eigenvalue weighted by Gasteiger charge is 2.15. The number of benzene rings is 1. The number of nitrogens with one attached hydrogen (secondary N) is 1. The summed E-state index contributed by atoms with van der Waals surface area (Å²) < 4.78 is 22.5. The van der Waals surface area contributed by atoms with Gasteiger partial charge in [-0.25, -0.2) is 8.42 Å². The van der Waals surface area contributed by atoms with Gasteiger partial charge in [0.1, 0.15) is 0 Å². The van der Waals surface area contributed by atoms with Crippen molar-refractivity contribution >= 4 is 25.6 Å². The van der Waals surface area contributed by atoms with E-state index in [1.807, 2.05) is 0 Å². The molecule has 102 valence electrons. The van der Waals surface area contributed by atoms with Crippen LogP contribution in [0.15, 0.2) is 23.1 Å². The quantitative estimate of drug-likeness (QED) is 0.526. The Hall–Kier alpha value is -1.51. The molecule has 1 rings (SSSR count). The second-order valence-electron chi connectivity index (χ2n) is 3.85. The molecule has 0 saturated carbocycles. The monoisotopic (exact) mass is 299 g/mol. The minimum atomic E-state index is -3.83. The van der Waals surface area contributed by atoms with Crippen molar-refractivity contribution in [1.29, 1.82) is 0 Å². The first-order valence-corrected chi connectivity index (χ1v) is 7.90. The smallest absolute Gasteiger partial charge is 0.261 e. The fraction of sp³-hybridized carbons (Fsp3) is 0.308. The van der Waals surface area contributed by atoms with Crippen molar-refractivity contribution in [1.82, 2.24) is 5.32 Å². The number of halogens is 1. The SMILES string of the molecule is CC#CCCNC(=O)c1cc(S(=O)(=O)Cl)ccc1C. The van der Waals surface area contributed by atoms with Crippen LogP contribution < -0.4 is 5.32 Å². The summed E-state index contributed by atoms with van der Waals surface area (Å²) in [5.74, 6) is 5.21. The zero-order valence-corrected chi connectivity index (χ0v) is 12.2. The molecule has 6 heteroatoms. The van der Waals surface area contributed by atoms with E-state index in [1.165, 1.54) is 12.1 Å². The van der Waals surface area contributed by atoms with Gasteiger partial charge in [-0.2, -0.15) is 0 Å². The number of rotatable bonds is 4. The molecule has 0 aromatic heterocycles. The van der Waals surface area contributed by atoms with Crippen molar-refractivity contribution in [3.05, 3.63) is 29.3 Å². The van der Waals surface area contributed by atoms with Gasteiger partial charge in [-0.15, -0.1) is 11.8 Å². The zero-order chi connectivity index (χ0) is 14.5. The van der Waals surface area contributed by atoms with Gasteiger partial charge in [-0.05, 0) is 31.5 Å². The Bertz CT molecular complexity index is 642. The Morgan fingerprint density at radius 3 is 2.68 bits per heavy atom. The van der Waals surface area contributed by atoms with Crippen molar-refractivity contribution in [2.45, 2.75) is 25.2 Å². The number of aryl methyl sites for hydroxylation is 1. The number of amides is 1. The predicted molar refractivity (Wildman–Crippen MR) is 74.6 cm³/mol. The van der Waals surface area contributed by atoms with Crippen LogP contribution in [0.1, 0.15) is 29.3 Å². The number of hydrogen-bond acceptors (Lipinski definition) is 3. The van der Waals surface area contributed by atoms with E-state index in [0.29, 0.717) is 24.1 Å². The van der Waals surface area contributed by atoms with Gasteiger partial charge in [0.2, 0.25) is 0 Å². The van der Waals surface area contributed by atoms with Crippen molar-refractivity contribution in [3.8, 4) is 11.8 Å². The van der Waals surface area contributed by atoms with Crippen molar-refractivity contribution < 1.29 is 13.2 Å². The molecule has 4 nitrogen and oxygen atoms in total. The number of hydrogen-bond donors (Lipinski definition) is 1. The maximum atomic E-state index is 11.9. The third-order valence-electron chi connectivity index (χ3n) is 2.45. The Morgan fingerprint density at radius 1 is 1.42 bits per heavy atom. The Morgan fingerprint density at radius 2 is 2.11 bits per heavy atom. The van der Waals surface area contributed by atoms with Crippen LogP contribution >= 0.6 is 10.7 Å². The van der Waals surface area contributed by atoms with E-state index < -0.39 is 9.05 Å². The highest BCUT2D eigenvalue weighted by atomic mass is 35.7. The third kappa shape index (κ3) is 4.58. The maximum Gasteiger partial charge on any atom is 0.261 e. The zero-order valence-electron chi connectivity index (χ0n) is 10.7. The molecule has 0 saturated heterocycles. The topological polar surface area (TPSA) is 63.2 Å². The second kappa shape index (κ2) is 6.60. The first kappa shape index (κ1) is 15.5. The Kier molecular flexibility index (Phi) is 5.40. The minimum Gasteiger partial charge on any atom is -0.351 e. The predicted octanol–water partition coefficient (Wildman–Crippen LogP) is 2.07. The molecule has 0 heterocycles. The Balaban J connectivity index is 2.92. The average molecular weight is 300 g/mol. The minimum absolute atomic E-state index is 0.0849. The fourth-order valence-corrected chi connectivity index (χ4v) is 2.23. The lowest BCUT2D eigenvalue weighted by atomic mass is 10.1. The molecule has 19 heavy (non-hydrogen) atoms. The molecular weight excluding hydrogens is 286 g/mol. The molecule has 0 aliphatic heterocycles. The van der Waals surface area contributed by atoms with Crippen LogP contribution in [0.3, 0.4) is 0 Å². The number of carbonyl (C=O) groups excluding carboxylic acids is 1. The van der Waals surface area contributed by atoms with E-state index in [0.717, 1.165) is 0 Å². The summed E-state index contributed by atoms with van der Waals surface area (Å²) in [5, 5.41) is 2.67. The molecule has 0 unspecified atom stereocenters. The Labute approximate surface area is 117 Å². The van der Waals surface area contributed by atoms with Gasteiger partial charge in [0.05, 0.1) is 4.90 Å². The summed E-state index contributed by atoms with van der Waals surface area (Å²) in [6.07, 6.45) is 0.550. The fourth-order valence-electron chi connectivity index (χ4n) is 1.46. The third-order valence-corrected chi connectivity index (χ3v) is 3.80. The lowest BCUT2D eigenvalue weighted by Gasteiger charge is -2.07. The molecule has 0 aliphatic rings. The molecule has 0 aliphatic carbocycles. The van der Waals surface area contributed by atoms with E-state index in [9.17, 15) is 13.2 Å². The van der Waals surface area contributed by atoms with Crippen LogP contribution in [0, 0.1) is 18.8 Å². The number of carbonyl (C=O) groups is 1. The van der Waals surface area contributed by atoms with Gasteiger partial charge in [0, 0.05) is 29.2 Å². The second-order valence-corrected chi connectivity index (χ2v) is 6.41. The average Bonchev–Trinajstić information content (AvgIpc) is 2.33. The molecule has 0 fully saturated rings. The van der Waals surface area contributed by atoms with E-state index in [4.69, 9.17) is 10.7 Å². The highest BCUT2D eigenvalue weighted by Crippen LogP contribution is 2.19. The van der Waals surface area contributed by atoms with Crippen LogP contribution in [0.2, 0.25) is 0 Å². The maximum absolute atomic E-state index is 11.9. The highest BCUT2D eigenvalue weighted by molar-refractivity contribution is 8.13. The van der Waals surface area contributed by atoms with Gasteiger partial charge in [-0.3, -0.25) is 4.79 Å². The van der Waals surface area contributed by atoms with E-state index >= 15 is 0 Å². The summed E-state index contributed by atoms with van der Waals surface area (Å²) in [6.45, 7) is 3.86. The molecule has 1 amide bonds. The van der Waals surface area contributed by atoms with Crippen LogP contribution in [0.25, 0.3) is 0 Å². The molecular formula is C13H14ClNO3S. The van der Waals surface area contributed by atoms with Gasteiger partial charge in [0.15, 0.2) is 0 Å². The first-order chi connectivity index (χ1) is 8.86. The molecule has 1 aromatic rings. The van der Waals surface area contributed by atoms with Crippen molar-refractivity contribution in [2.24, 2.45) is 0 Å². The van der Waals surface area contributed by atoms with Crippen molar-refractivity contribution in [2.75, 3.05) is 6.54 Å². The summed E-state index contributed by atoms with van der Waals surface area (Å²) >= 11 is 0. The summed E-state index contributed by atoms with van der Waals surface area (Å²) in [6, 6.07) is 4.20. The molecule has 0 radical (unpaired) electrons. The van der Waals surface area contributed by atoms with Crippen LogP contribution in [-0.2, 0) is 9.05 Å². The summed E-state index contributed by atoms with van der Waals surface area (Å²) in [7, 11) is 1.42. The largest absolute Gasteiger partial charge is 0.351 e. The molecule has 0 spiro atoms. The first-order valence-electron chi connectivity index (χ1n) is 5.59. The van der Waals surface area contributed by atoms with E-state index in [-0.39, 0.29) is 10.8 Å². The van der Waals surface area contributed by atoms with Gasteiger partial charge in [0.25, 0.3) is 15.0 Å². The van der Waals surface area contributed by atoms with E-state index in [2.05, 4.69) is 17.2 Å². The summed E-state index contributed by atoms with van der Waals surface area (Å²) in [5.41, 5.74) is 0.981. The van der Waals surface area contributed by atoms with E-state index in [1.54, 1.807) is 19.9 Å². The van der Waals surface area contributed by atoms with Crippen molar-refractivity contribution in [3.63, 3.8) is 0 Å². The molecule has 0 atom stereocenters. The lowest BCUT2D eigenvalue weighted by Crippen LogP contribution is -2.25. The molecule has 0 bridgehead atoms. The lowest BCUT2D eigenvalue weighted by molar-refractivity contribution is 0.0953. The molecule has 1 N–H and O–H groups in total. The van der Waals surface area contributed by atoms with Crippen LogP contribution in [0.5, 0.6) is 0 Å². The molecule has 1 aromatic carbocycles.